The SMILES string of the molecule is COC(=O)c1cc(N2CC3CCCN3CC2C)ccc1N. The molecule has 2 N–H and O–H groups in total. The van der Waals surface area contributed by atoms with E-state index in [1.54, 1.807) is 6.07 Å². The summed E-state index contributed by atoms with van der Waals surface area (Å²) in [6.45, 7) is 5.56. The minimum absolute atomic E-state index is 0.374. The fraction of sp³-hybridized carbons (Fsp3) is 0.562. The Balaban J connectivity index is 1.87. The Labute approximate surface area is 125 Å². The predicted molar refractivity (Wildman–Crippen MR) is 83.6 cm³/mol. The summed E-state index contributed by atoms with van der Waals surface area (Å²) in [6.07, 6.45) is 2.56. The lowest BCUT2D eigenvalue weighted by atomic mass is 10.1. The van der Waals surface area contributed by atoms with E-state index in [0.29, 0.717) is 23.3 Å². The molecule has 3 rings (SSSR count). The molecule has 0 spiro atoms. The van der Waals surface area contributed by atoms with Gasteiger partial charge in [0.2, 0.25) is 0 Å². The van der Waals surface area contributed by atoms with Crippen molar-refractivity contribution in [3.8, 4) is 0 Å². The molecule has 0 radical (unpaired) electrons. The number of nitrogen functional groups attached to an aromatic ring is 1. The van der Waals surface area contributed by atoms with Crippen molar-refractivity contribution in [2.45, 2.75) is 31.8 Å². The van der Waals surface area contributed by atoms with Crippen LogP contribution in [0.5, 0.6) is 0 Å². The lowest BCUT2D eigenvalue weighted by molar-refractivity contribution is 0.0602. The monoisotopic (exact) mass is 289 g/mol. The first-order chi connectivity index (χ1) is 10.1. The van der Waals surface area contributed by atoms with E-state index >= 15 is 0 Å². The third-order valence-corrected chi connectivity index (χ3v) is 4.71. The van der Waals surface area contributed by atoms with Crippen LogP contribution in [0.2, 0.25) is 0 Å². The van der Waals surface area contributed by atoms with Crippen molar-refractivity contribution in [1.82, 2.24) is 4.90 Å². The summed E-state index contributed by atoms with van der Waals surface area (Å²) in [7, 11) is 1.38. The van der Waals surface area contributed by atoms with Crippen molar-refractivity contribution in [1.29, 1.82) is 0 Å². The first-order valence-electron chi connectivity index (χ1n) is 7.58. The van der Waals surface area contributed by atoms with Crippen molar-refractivity contribution in [3.63, 3.8) is 0 Å². The number of fused-ring (bicyclic) bond motifs is 1. The summed E-state index contributed by atoms with van der Waals surface area (Å²) < 4.78 is 4.81. The second-order valence-electron chi connectivity index (χ2n) is 6.06. The van der Waals surface area contributed by atoms with Gasteiger partial charge in [0.15, 0.2) is 0 Å². The molecule has 5 heteroatoms. The van der Waals surface area contributed by atoms with E-state index in [1.165, 1.54) is 26.5 Å². The number of nitrogens with two attached hydrogens (primary N) is 1. The van der Waals surface area contributed by atoms with E-state index in [4.69, 9.17) is 10.5 Å². The number of piperazine rings is 1. The molecule has 1 aromatic carbocycles. The number of ether oxygens (including phenoxy) is 1. The number of nitrogens with zero attached hydrogens (tertiary/aromatic N) is 2. The van der Waals surface area contributed by atoms with Gasteiger partial charge in [0.05, 0.1) is 12.7 Å². The van der Waals surface area contributed by atoms with Crippen LogP contribution in [0.1, 0.15) is 30.1 Å². The zero-order chi connectivity index (χ0) is 15.0. The van der Waals surface area contributed by atoms with E-state index in [0.717, 1.165) is 18.8 Å². The number of carbonyl (C=O) groups is 1. The van der Waals surface area contributed by atoms with Gasteiger partial charge in [-0.25, -0.2) is 4.79 Å². The maximum Gasteiger partial charge on any atom is 0.340 e. The Bertz CT molecular complexity index is 546. The molecular weight excluding hydrogens is 266 g/mol. The largest absolute Gasteiger partial charge is 0.465 e. The first kappa shape index (κ1) is 14.2. The van der Waals surface area contributed by atoms with Gasteiger partial charge in [-0.1, -0.05) is 0 Å². The molecule has 2 saturated heterocycles. The highest BCUT2D eigenvalue weighted by Gasteiger charge is 2.34. The Kier molecular flexibility index (Phi) is 3.76. The maximum atomic E-state index is 11.8. The van der Waals surface area contributed by atoms with Crippen LogP contribution >= 0.6 is 0 Å². The van der Waals surface area contributed by atoms with E-state index < -0.39 is 0 Å². The highest BCUT2D eigenvalue weighted by atomic mass is 16.5. The number of carbonyl (C=O) groups excluding carboxylic acids is 1. The summed E-state index contributed by atoms with van der Waals surface area (Å²) in [6, 6.07) is 6.74. The summed E-state index contributed by atoms with van der Waals surface area (Å²) in [5.74, 6) is -0.374. The van der Waals surface area contributed by atoms with Gasteiger partial charge in [-0.15, -0.1) is 0 Å². The van der Waals surface area contributed by atoms with Crippen molar-refractivity contribution < 1.29 is 9.53 Å². The van der Waals surface area contributed by atoms with E-state index in [2.05, 4.69) is 16.7 Å². The van der Waals surface area contributed by atoms with Crippen LogP contribution < -0.4 is 10.6 Å². The highest BCUT2D eigenvalue weighted by molar-refractivity contribution is 5.96. The molecule has 2 atom stereocenters. The van der Waals surface area contributed by atoms with Gasteiger partial charge in [-0.2, -0.15) is 0 Å². The molecule has 1 aromatic rings. The Morgan fingerprint density at radius 2 is 2.19 bits per heavy atom. The first-order valence-corrected chi connectivity index (χ1v) is 7.58. The molecule has 0 amide bonds. The quantitative estimate of drug-likeness (QED) is 0.664. The molecule has 5 nitrogen and oxygen atoms in total. The number of anilines is 2. The van der Waals surface area contributed by atoms with E-state index in [1.807, 2.05) is 12.1 Å². The molecule has 0 aliphatic carbocycles. The maximum absolute atomic E-state index is 11.8. The summed E-state index contributed by atoms with van der Waals surface area (Å²) in [5.41, 5.74) is 7.87. The normalized spacial score (nSPS) is 25.7. The van der Waals surface area contributed by atoms with E-state index in [9.17, 15) is 4.79 Å². The zero-order valence-electron chi connectivity index (χ0n) is 12.7. The van der Waals surface area contributed by atoms with Crippen molar-refractivity contribution in [2.24, 2.45) is 0 Å². The second kappa shape index (κ2) is 5.56. The van der Waals surface area contributed by atoms with Crippen LogP contribution in [0.15, 0.2) is 18.2 Å². The minimum Gasteiger partial charge on any atom is -0.465 e. The molecule has 21 heavy (non-hydrogen) atoms. The van der Waals surface area contributed by atoms with Crippen LogP contribution in [-0.4, -0.2) is 49.7 Å². The molecule has 2 unspecified atom stereocenters. The number of esters is 1. The highest BCUT2D eigenvalue weighted by Crippen LogP contribution is 2.30. The molecule has 2 aliphatic rings. The van der Waals surface area contributed by atoms with Gasteiger partial charge >= 0.3 is 5.97 Å². The minimum atomic E-state index is -0.374. The Morgan fingerprint density at radius 1 is 1.38 bits per heavy atom. The Hall–Kier alpha value is -1.75. The summed E-state index contributed by atoms with van der Waals surface area (Å²) >= 11 is 0. The van der Waals surface area contributed by atoms with Crippen molar-refractivity contribution in [3.05, 3.63) is 23.8 Å². The lowest BCUT2D eigenvalue weighted by Crippen LogP contribution is -2.55. The van der Waals surface area contributed by atoms with Crippen molar-refractivity contribution in [2.75, 3.05) is 37.4 Å². The lowest BCUT2D eigenvalue weighted by Gasteiger charge is -2.43. The third kappa shape index (κ3) is 2.58. The number of hydrogen-bond acceptors (Lipinski definition) is 5. The molecule has 2 aliphatic heterocycles. The predicted octanol–water partition coefficient (Wildman–Crippen LogP) is 1.73. The number of methoxy groups -OCH3 is 1. The summed E-state index contributed by atoms with van der Waals surface area (Å²) in [4.78, 5) is 16.8. The zero-order valence-corrected chi connectivity index (χ0v) is 12.7. The smallest absolute Gasteiger partial charge is 0.340 e. The van der Waals surface area contributed by atoms with Gasteiger partial charge in [0, 0.05) is 36.5 Å². The van der Waals surface area contributed by atoms with Crippen molar-refractivity contribution >= 4 is 17.3 Å². The Morgan fingerprint density at radius 3 is 2.95 bits per heavy atom. The van der Waals surface area contributed by atoms with Crippen LogP contribution in [0.4, 0.5) is 11.4 Å². The van der Waals surface area contributed by atoms with Gasteiger partial charge in [0.25, 0.3) is 0 Å². The number of benzene rings is 1. The van der Waals surface area contributed by atoms with Crippen LogP contribution in [0, 0.1) is 0 Å². The fourth-order valence-corrected chi connectivity index (χ4v) is 3.56. The number of hydrogen-bond donors (Lipinski definition) is 1. The van der Waals surface area contributed by atoms with Gasteiger partial charge in [-0.3, -0.25) is 4.90 Å². The molecule has 0 aromatic heterocycles. The van der Waals surface area contributed by atoms with Crippen LogP contribution in [0.3, 0.4) is 0 Å². The van der Waals surface area contributed by atoms with Gasteiger partial charge < -0.3 is 15.4 Å². The van der Waals surface area contributed by atoms with Crippen LogP contribution in [0.25, 0.3) is 0 Å². The molecule has 0 saturated carbocycles. The van der Waals surface area contributed by atoms with Crippen LogP contribution in [-0.2, 0) is 4.74 Å². The van der Waals surface area contributed by atoms with E-state index in [-0.39, 0.29) is 5.97 Å². The fourth-order valence-electron chi connectivity index (χ4n) is 3.56. The molecule has 2 heterocycles. The molecule has 114 valence electrons. The summed E-state index contributed by atoms with van der Waals surface area (Å²) in [5, 5.41) is 0. The molecular formula is C16H23N3O2. The topological polar surface area (TPSA) is 58.8 Å². The third-order valence-electron chi connectivity index (χ3n) is 4.71. The molecule has 2 fully saturated rings. The standard InChI is InChI=1S/C16H23N3O2/c1-11-9-18-7-3-4-13(18)10-19(11)12-5-6-15(17)14(8-12)16(20)21-2/h5-6,8,11,13H,3-4,7,9-10,17H2,1-2H3. The van der Waals surface area contributed by atoms with Gasteiger partial charge in [-0.05, 0) is 44.5 Å². The van der Waals surface area contributed by atoms with Gasteiger partial charge in [0.1, 0.15) is 0 Å². The second-order valence-corrected chi connectivity index (χ2v) is 6.06. The average molecular weight is 289 g/mol. The number of rotatable bonds is 2. The molecule has 0 bridgehead atoms. The average Bonchev–Trinajstić information content (AvgIpc) is 2.93.